The molecule has 2 aromatic carbocycles. The summed E-state index contributed by atoms with van der Waals surface area (Å²) in [5.41, 5.74) is 1.36. The Bertz CT molecular complexity index is 890. The smallest absolute Gasteiger partial charge is 0.331 e. The predicted molar refractivity (Wildman–Crippen MR) is 111 cm³/mol. The summed E-state index contributed by atoms with van der Waals surface area (Å²) in [7, 11) is 3.10. The van der Waals surface area contributed by atoms with Gasteiger partial charge in [0.15, 0.2) is 11.5 Å². The van der Waals surface area contributed by atoms with E-state index in [0.29, 0.717) is 43.4 Å². The Labute approximate surface area is 175 Å². The van der Waals surface area contributed by atoms with Crippen molar-refractivity contribution in [1.82, 2.24) is 4.90 Å². The van der Waals surface area contributed by atoms with Gasteiger partial charge in [0, 0.05) is 24.7 Å². The number of methoxy groups -OCH3 is 2. The lowest BCUT2D eigenvalue weighted by atomic mass is 10.1. The SMILES string of the molecule is COc1ccc(/C=C/C(=O)O[C@H](C(=O)N2CCOCC2)c2ccccc2)cc1OC. The van der Waals surface area contributed by atoms with E-state index >= 15 is 0 Å². The topological polar surface area (TPSA) is 74.3 Å². The lowest BCUT2D eigenvalue weighted by Crippen LogP contribution is -2.44. The number of rotatable bonds is 7. The molecule has 0 bridgehead atoms. The number of hydrogen-bond donors (Lipinski definition) is 0. The zero-order valence-corrected chi connectivity index (χ0v) is 17.1. The van der Waals surface area contributed by atoms with Crippen LogP contribution in [0, 0.1) is 0 Å². The summed E-state index contributed by atoms with van der Waals surface area (Å²) >= 11 is 0. The maximum atomic E-state index is 13.0. The Balaban J connectivity index is 1.74. The molecule has 1 atom stereocenters. The monoisotopic (exact) mass is 411 g/mol. The van der Waals surface area contributed by atoms with E-state index in [1.54, 1.807) is 55.5 Å². The fourth-order valence-corrected chi connectivity index (χ4v) is 3.11. The van der Waals surface area contributed by atoms with E-state index < -0.39 is 12.1 Å². The van der Waals surface area contributed by atoms with E-state index in [2.05, 4.69) is 0 Å². The molecule has 7 nitrogen and oxygen atoms in total. The number of ether oxygens (including phenoxy) is 4. The maximum Gasteiger partial charge on any atom is 0.331 e. The van der Waals surface area contributed by atoms with Gasteiger partial charge in [-0.2, -0.15) is 0 Å². The molecule has 0 spiro atoms. The number of nitrogens with zero attached hydrogens (tertiary/aromatic N) is 1. The van der Waals surface area contributed by atoms with Gasteiger partial charge in [0.05, 0.1) is 27.4 Å². The van der Waals surface area contributed by atoms with Gasteiger partial charge >= 0.3 is 5.97 Å². The molecule has 1 fully saturated rings. The molecule has 7 heteroatoms. The minimum atomic E-state index is -1.01. The highest BCUT2D eigenvalue weighted by Gasteiger charge is 2.29. The second kappa shape index (κ2) is 10.5. The van der Waals surface area contributed by atoms with Crippen LogP contribution in [0.25, 0.3) is 6.08 Å². The molecule has 158 valence electrons. The van der Waals surface area contributed by atoms with Crippen LogP contribution in [0.1, 0.15) is 17.2 Å². The summed E-state index contributed by atoms with van der Waals surface area (Å²) < 4.78 is 21.3. The average molecular weight is 411 g/mol. The zero-order chi connectivity index (χ0) is 21.3. The highest BCUT2D eigenvalue weighted by atomic mass is 16.5. The van der Waals surface area contributed by atoms with Gasteiger partial charge in [-0.05, 0) is 23.8 Å². The van der Waals surface area contributed by atoms with Crippen molar-refractivity contribution in [2.75, 3.05) is 40.5 Å². The zero-order valence-electron chi connectivity index (χ0n) is 17.1. The molecule has 0 aromatic heterocycles. The number of carbonyl (C=O) groups is 2. The van der Waals surface area contributed by atoms with Crippen LogP contribution in [-0.4, -0.2) is 57.3 Å². The molecular weight excluding hydrogens is 386 g/mol. The molecule has 1 amide bonds. The van der Waals surface area contributed by atoms with Gasteiger partial charge in [-0.15, -0.1) is 0 Å². The third-order valence-electron chi connectivity index (χ3n) is 4.70. The summed E-state index contributed by atoms with van der Waals surface area (Å²) in [5.74, 6) is 0.285. The van der Waals surface area contributed by atoms with E-state index in [-0.39, 0.29) is 5.91 Å². The van der Waals surface area contributed by atoms with E-state index in [9.17, 15) is 9.59 Å². The predicted octanol–water partition coefficient (Wildman–Crippen LogP) is 2.86. The fourth-order valence-electron chi connectivity index (χ4n) is 3.11. The Kier molecular flexibility index (Phi) is 7.45. The third-order valence-corrected chi connectivity index (χ3v) is 4.70. The number of carbonyl (C=O) groups excluding carboxylic acids is 2. The first kappa shape index (κ1) is 21.4. The van der Waals surface area contributed by atoms with Gasteiger partial charge in [0.1, 0.15) is 0 Å². The van der Waals surface area contributed by atoms with E-state index in [1.807, 2.05) is 18.2 Å². The summed E-state index contributed by atoms with van der Waals surface area (Å²) in [6.07, 6.45) is 1.89. The average Bonchev–Trinajstić information content (AvgIpc) is 2.81. The molecule has 3 rings (SSSR count). The van der Waals surface area contributed by atoms with Crippen molar-refractivity contribution in [3.63, 3.8) is 0 Å². The Hall–Kier alpha value is -3.32. The van der Waals surface area contributed by atoms with Crippen molar-refractivity contribution in [3.05, 3.63) is 65.7 Å². The van der Waals surface area contributed by atoms with Crippen molar-refractivity contribution >= 4 is 18.0 Å². The van der Waals surface area contributed by atoms with Gasteiger partial charge < -0.3 is 23.8 Å². The van der Waals surface area contributed by atoms with Crippen molar-refractivity contribution < 1.29 is 28.5 Å². The second-order valence-corrected chi connectivity index (χ2v) is 6.61. The number of esters is 1. The van der Waals surface area contributed by atoms with Crippen molar-refractivity contribution in [3.8, 4) is 11.5 Å². The second-order valence-electron chi connectivity index (χ2n) is 6.61. The van der Waals surface area contributed by atoms with Gasteiger partial charge in [-0.3, -0.25) is 4.79 Å². The first-order chi connectivity index (χ1) is 14.6. The fraction of sp³-hybridized carbons (Fsp3) is 0.304. The summed E-state index contributed by atoms with van der Waals surface area (Å²) in [5, 5.41) is 0. The van der Waals surface area contributed by atoms with Crippen LogP contribution in [0.2, 0.25) is 0 Å². The largest absolute Gasteiger partial charge is 0.493 e. The van der Waals surface area contributed by atoms with E-state index in [1.165, 1.54) is 6.08 Å². The lowest BCUT2D eigenvalue weighted by molar-refractivity contribution is -0.159. The van der Waals surface area contributed by atoms with Crippen LogP contribution < -0.4 is 9.47 Å². The number of benzene rings is 2. The van der Waals surface area contributed by atoms with Crippen LogP contribution in [0.15, 0.2) is 54.6 Å². The number of hydrogen-bond acceptors (Lipinski definition) is 6. The van der Waals surface area contributed by atoms with Crippen molar-refractivity contribution in [1.29, 1.82) is 0 Å². The van der Waals surface area contributed by atoms with Gasteiger partial charge in [-0.25, -0.2) is 4.79 Å². The quantitative estimate of drug-likeness (QED) is 0.515. The number of amides is 1. The Morgan fingerprint density at radius 2 is 1.70 bits per heavy atom. The summed E-state index contributed by atoms with van der Waals surface area (Å²) in [4.78, 5) is 27.2. The molecule has 0 radical (unpaired) electrons. The van der Waals surface area contributed by atoms with Gasteiger partial charge in [-0.1, -0.05) is 36.4 Å². The molecule has 0 aliphatic carbocycles. The molecule has 0 saturated carbocycles. The molecule has 1 aliphatic rings. The highest BCUT2D eigenvalue weighted by molar-refractivity contribution is 5.91. The first-order valence-electron chi connectivity index (χ1n) is 9.64. The van der Waals surface area contributed by atoms with Gasteiger partial charge in [0.2, 0.25) is 6.10 Å². The minimum Gasteiger partial charge on any atom is -0.493 e. The normalized spacial score (nSPS) is 14.9. The number of morpholine rings is 1. The van der Waals surface area contributed by atoms with E-state index in [0.717, 1.165) is 5.56 Å². The maximum absolute atomic E-state index is 13.0. The third kappa shape index (κ3) is 5.39. The minimum absolute atomic E-state index is 0.252. The Morgan fingerprint density at radius 1 is 1.00 bits per heavy atom. The summed E-state index contributed by atoms with van der Waals surface area (Å²) in [6.45, 7) is 1.89. The van der Waals surface area contributed by atoms with Gasteiger partial charge in [0.25, 0.3) is 5.91 Å². The molecule has 1 aliphatic heterocycles. The molecule has 1 saturated heterocycles. The molecule has 2 aromatic rings. The molecule has 0 unspecified atom stereocenters. The molecule has 30 heavy (non-hydrogen) atoms. The van der Waals surface area contributed by atoms with Crippen LogP contribution in [0.3, 0.4) is 0 Å². The van der Waals surface area contributed by atoms with Crippen molar-refractivity contribution in [2.45, 2.75) is 6.10 Å². The van der Waals surface area contributed by atoms with E-state index in [4.69, 9.17) is 18.9 Å². The van der Waals surface area contributed by atoms with Crippen LogP contribution in [-0.2, 0) is 19.1 Å². The van der Waals surface area contributed by atoms with Crippen molar-refractivity contribution in [2.24, 2.45) is 0 Å². The van der Waals surface area contributed by atoms with Crippen LogP contribution in [0.4, 0.5) is 0 Å². The highest BCUT2D eigenvalue weighted by Crippen LogP contribution is 2.28. The standard InChI is InChI=1S/C23H25NO6/c1-27-19-10-8-17(16-20(19)28-2)9-11-21(25)30-22(18-6-4-3-5-7-18)23(26)24-12-14-29-15-13-24/h3-11,16,22H,12-15H2,1-2H3/b11-9+/t22-/m0/s1. The first-order valence-corrected chi connectivity index (χ1v) is 9.64. The Morgan fingerprint density at radius 3 is 2.37 bits per heavy atom. The molecular formula is C23H25NO6. The molecule has 0 N–H and O–H groups in total. The van der Waals surface area contributed by atoms with Crippen LogP contribution >= 0.6 is 0 Å². The summed E-state index contributed by atoms with van der Waals surface area (Å²) in [6, 6.07) is 14.3. The molecule has 1 heterocycles. The lowest BCUT2D eigenvalue weighted by Gasteiger charge is -2.30. The van der Waals surface area contributed by atoms with Crippen LogP contribution in [0.5, 0.6) is 11.5 Å².